The highest BCUT2D eigenvalue weighted by Crippen LogP contribution is 2.35. The molecule has 1 rings (SSSR count). The van der Waals surface area contributed by atoms with Gasteiger partial charge in [0.25, 0.3) is 0 Å². The standard InChI is InChI=1S/C14H27N/c1-5-6-7-12(2)15-13-8-10-14(3,4)11-9-13/h5,12-13,15H,1,6-11H2,2-4H3. The van der Waals surface area contributed by atoms with Gasteiger partial charge in [-0.05, 0) is 50.9 Å². The maximum atomic E-state index is 3.77. The summed E-state index contributed by atoms with van der Waals surface area (Å²) in [4.78, 5) is 0. The molecular formula is C14H27N. The molecule has 1 heteroatoms. The molecule has 0 aliphatic heterocycles. The minimum Gasteiger partial charge on any atom is -0.311 e. The molecule has 1 N–H and O–H groups in total. The van der Waals surface area contributed by atoms with Crippen molar-refractivity contribution in [2.24, 2.45) is 5.41 Å². The summed E-state index contributed by atoms with van der Waals surface area (Å²) in [6, 6.07) is 1.41. The average molecular weight is 209 g/mol. The molecule has 0 heterocycles. The Bertz CT molecular complexity index is 186. The smallest absolute Gasteiger partial charge is 0.00699 e. The van der Waals surface area contributed by atoms with Crippen molar-refractivity contribution >= 4 is 0 Å². The van der Waals surface area contributed by atoms with Gasteiger partial charge < -0.3 is 5.32 Å². The van der Waals surface area contributed by atoms with Crippen LogP contribution in [0.2, 0.25) is 0 Å². The molecule has 1 aliphatic rings. The molecule has 0 aromatic heterocycles. The van der Waals surface area contributed by atoms with Gasteiger partial charge in [0.2, 0.25) is 0 Å². The zero-order valence-electron chi connectivity index (χ0n) is 10.7. The third kappa shape index (κ3) is 4.83. The molecule has 1 nitrogen and oxygen atoms in total. The Balaban J connectivity index is 2.20. The number of allylic oxidation sites excluding steroid dienone is 1. The first kappa shape index (κ1) is 12.8. The topological polar surface area (TPSA) is 12.0 Å². The summed E-state index contributed by atoms with van der Waals surface area (Å²) in [5.41, 5.74) is 0.586. The SMILES string of the molecule is C=CCCC(C)NC1CCC(C)(C)CC1. The van der Waals surface area contributed by atoms with Crippen molar-refractivity contribution in [1.82, 2.24) is 5.32 Å². The Kier molecular flexibility index (Phi) is 4.85. The van der Waals surface area contributed by atoms with E-state index in [1.54, 1.807) is 0 Å². The second kappa shape index (κ2) is 5.69. The van der Waals surface area contributed by atoms with Crippen LogP contribution < -0.4 is 5.32 Å². The molecule has 1 fully saturated rings. The lowest BCUT2D eigenvalue weighted by Crippen LogP contribution is -2.40. The van der Waals surface area contributed by atoms with E-state index in [4.69, 9.17) is 0 Å². The molecule has 0 saturated heterocycles. The minimum atomic E-state index is 0.586. The van der Waals surface area contributed by atoms with Crippen molar-refractivity contribution in [3.05, 3.63) is 12.7 Å². The lowest BCUT2D eigenvalue weighted by atomic mass is 9.75. The van der Waals surface area contributed by atoms with Gasteiger partial charge in [-0.1, -0.05) is 19.9 Å². The number of rotatable bonds is 5. The van der Waals surface area contributed by atoms with Crippen LogP contribution in [0.1, 0.15) is 59.3 Å². The fourth-order valence-corrected chi connectivity index (χ4v) is 2.42. The van der Waals surface area contributed by atoms with Gasteiger partial charge in [0.05, 0.1) is 0 Å². The zero-order chi connectivity index (χ0) is 11.3. The molecule has 1 saturated carbocycles. The average Bonchev–Trinajstić information content (AvgIpc) is 2.18. The van der Waals surface area contributed by atoms with Crippen LogP contribution in [0.4, 0.5) is 0 Å². The highest BCUT2D eigenvalue weighted by molar-refractivity contribution is 4.84. The van der Waals surface area contributed by atoms with E-state index in [9.17, 15) is 0 Å². The van der Waals surface area contributed by atoms with Gasteiger partial charge >= 0.3 is 0 Å². The Morgan fingerprint density at radius 3 is 2.53 bits per heavy atom. The van der Waals surface area contributed by atoms with E-state index in [1.165, 1.54) is 32.1 Å². The van der Waals surface area contributed by atoms with Gasteiger partial charge in [-0.25, -0.2) is 0 Å². The Hall–Kier alpha value is -0.300. The van der Waals surface area contributed by atoms with Gasteiger partial charge in [0.1, 0.15) is 0 Å². The van der Waals surface area contributed by atoms with Crippen LogP contribution in [0.3, 0.4) is 0 Å². The second-order valence-electron chi connectivity index (χ2n) is 5.87. The Morgan fingerprint density at radius 2 is 2.00 bits per heavy atom. The fourth-order valence-electron chi connectivity index (χ4n) is 2.42. The maximum Gasteiger partial charge on any atom is 0.00699 e. The van der Waals surface area contributed by atoms with E-state index in [-0.39, 0.29) is 0 Å². The summed E-state index contributed by atoms with van der Waals surface area (Å²) in [6.45, 7) is 10.9. The molecule has 88 valence electrons. The van der Waals surface area contributed by atoms with E-state index < -0.39 is 0 Å². The largest absolute Gasteiger partial charge is 0.311 e. The molecule has 0 bridgehead atoms. The number of hydrogen-bond acceptors (Lipinski definition) is 1. The Labute approximate surface area is 95.3 Å². The number of nitrogens with one attached hydrogen (secondary N) is 1. The summed E-state index contributed by atoms with van der Waals surface area (Å²) in [5.74, 6) is 0. The highest BCUT2D eigenvalue weighted by Gasteiger charge is 2.26. The molecule has 1 atom stereocenters. The van der Waals surface area contributed by atoms with E-state index in [1.807, 2.05) is 6.08 Å². The molecule has 0 amide bonds. The van der Waals surface area contributed by atoms with Crippen LogP contribution in [-0.4, -0.2) is 12.1 Å². The maximum absolute atomic E-state index is 3.77. The van der Waals surface area contributed by atoms with Crippen LogP contribution in [0, 0.1) is 5.41 Å². The first-order valence-corrected chi connectivity index (χ1v) is 6.40. The molecule has 0 aromatic rings. The predicted molar refractivity (Wildman–Crippen MR) is 68.1 cm³/mol. The lowest BCUT2D eigenvalue weighted by Gasteiger charge is -2.36. The summed E-state index contributed by atoms with van der Waals surface area (Å²) in [5, 5.41) is 3.74. The van der Waals surface area contributed by atoms with E-state index in [0.29, 0.717) is 11.5 Å². The Morgan fingerprint density at radius 1 is 1.40 bits per heavy atom. The predicted octanol–water partition coefficient (Wildman–Crippen LogP) is 3.90. The van der Waals surface area contributed by atoms with Crippen molar-refractivity contribution in [2.45, 2.75) is 71.4 Å². The normalized spacial score (nSPS) is 23.7. The molecule has 0 spiro atoms. The number of hydrogen-bond donors (Lipinski definition) is 1. The monoisotopic (exact) mass is 209 g/mol. The van der Waals surface area contributed by atoms with Crippen molar-refractivity contribution in [1.29, 1.82) is 0 Å². The van der Waals surface area contributed by atoms with Crippen LogP contribution in [0.25, 0.3) is 0 Å². The minimum absolute atomic E-state index is 0.586. The van der Waals surface area contributed by atoms with Crippen LogP contribution in [0.5, 0.6) is 0 Å². The summed E-state index contributed by atoms with van der Waals surface area (Å²) in [7, 11) is 0. The first-order chi connectivity index (χ1) is 7.03. The third-order valence-electron chi connectivity index (χ3n) is 3.66. The molecule has 0 radical (unpaired) electrons. The van der Waals surface area contributed by atoms with Gasteiger partial charge in [-0.2, -0.15) is 0 Å². The lowest BCUT2D eigenvalue weighted by molar-refractivity contribution is 0.198. The molecule has 0 aromatic carbocycles. The zero-order valence-corrected chi connectivity index (χ0v) is 10.7. The van der Waals surface area contributed by atoms with Crippen LogP contribution in [-0.2, 0) is 0 Å². The fraction of sp³-hybridized carbons (Fsp3) is 0.857. The van der Waals surface area contributed by atoms with Crippen LogP contribution in [0.15, 0.2) is 12.7 Å². The van der Waals surface area contributed by atoms with E-state index in [0.717, 1.165) is 12.5 Å². The van der Waals surface area contributed by atoms with E-state index >= 15 is 0 Å². The van der Waals surface area contributed by atoms with Crippen molar-refractivity contribution in [3.63, 3.8) is 0 Å². The summed E-state index contributed by atoms with van der Waals surface area (Å²) < 4.78 is 0. The van der Waals surface area contributed by atoms with Gasteiger partial charge in [0.15, 0.2) is 0 Å². The third-order valence-corrected chi connectivity index (χ3v) is 3.66. The second-order valence-corrected chi connectivity index (χ2v) is 5.87. The van der Waals surface area contributed by atoms with Crippen molar-refractivity contribution < 1.29 is 0 Å². The van der Waals surface area contributed by atoms with Gasteiger partial charge in [-0.3, -0.25) is 0 Å². The highest BCUT2D eigenvalue weighted by atomic mass is 14.9. The first-order valence-electron chi connectivity index (χ1n) is 6.40. The molecule has 1 aliphatic carbocycles. The summed E-state index contributed by atoms with van der Waals surface area (Å²) in [6.07, 6.45) is 9.83. The molecule has 15 heavy (non-hydrogen) atoms. The van der Waals surface area contributed by atoms with E-state index in [2.05, 4.69) is 32.7 Å². The van der Waals surface area contributed by atoms with Gasteiger partial charge in [0, 0.05) is 12.1 Å². The van der Waals surface area contributed by atoms with Gasteiger partial charge in [-0.15, -0.1) is 6.58 Å². The molecular weight excluding hydrogens is 182 g/mol. The van der Waals surface area contributed by atoms with Crippen molar-refractivity contribution in [3.8, 4) is 0 Å². The van der Waals surface area contributed by atoms with Crippen molar-refractivity contribution in [2.75, 3.05) is 0 Å². The van der Waals surface area contributed by atoms with Crippen LogP contribution >= 0.6 is 0 Å². The quantitative estimate of drug-likeness (QED) is 0.677. The summed E-state index contributed by atoms with van der Waals surface area (Å²) >= 11 is 0. The molecule has 1 unspecified atom stereocenters.